The predicted molar refractivity (Wildman–Crippen MR) is 121 cm³/mol. The van der Waals surface area contributed by atoms with Gasteiger partial charge in [0.05, 0.1) is 13.3 Å². The van der Waals surface area contributed by atoms with Crippen molar-refractivity contribution in [1.82, 2.24) is 5.43 Å². The molecule has 2 N–H and O–H groups in total. The van der Waals surface area contributed by atoms with E-state index >= 15 is 0 Å². The fourth-order valence-corrected chi connectivity index (χ4v) is 2.73. The number of rotatable bonds is 11. The number of carbonyl (C=O) groups excluding carboxylic acids is 1. The van der Waals surface area contributed by atoms with Crippen molar-refractivity contribution in [2.45, 2.75) is 26.4 Å². The van der Waals surface area contributed by atoms with E-state index in [0.29, 0.717) is 37.7 Å². The van der Waals surface area contributed by atoms with Gasteiger partial charge in [0.15, 0.2) is 5.76 Å². The van der Waals surface area contributed by atoms with Crippen LogP contribution in [-0.2, 0) is 11.4 Å². The Morgan fingerprint density at radius 3 is 2.58 bits per heavy atom. The number of hydrazone groups is 1. The van der Waals surface area contributed by atoms with Crippen LogP contribution in [0.4, 0.5) is 5.69 Å². The Balaban J connectivity index is 1.33. The first kappa shape index (κ1) is 22.0. The van der Waals surface area contributed by atoms with Gasteiger partial charge in [-0.1, -0.05) is 29.8 Å². The Morgan fingerprint density at radius 1 is 1.06 bits per heavy atom. The molecule has 0 radical (unpaired) electrons. The summed E-state index contributed by atoms with van der Waals surface area (Å²) < 4.78 is 16.3. The Bertz CT molecular complexity index is 979. The summed E-state index contributed by atoms with van der Waals surface area (Å²) in [6.45, 7) is 3.14. The second kappa shape index (κ2) is 11.4. The highest BCUT2D eigenvalue weighted by molar-refractivity contribution is 5.80. The lowest BCUT2D eigenvalue weighted by Crippen LogP contribution is -2.18. The van der Waals surface area contributed by atoms with E-state index in [9.17, 15) is 4.79 Å². The van der Waals surface area contributed by atoms with Crippen molar-refractivity contribution < 1.29 is 18.7 Å². The van der Waals surface area contributed by atoms with Crippen LogP contribution >= 0.6 is 0 Å². The minimum absolute atomic E-state index is 0.149. The van der Waals surface area contributed by atoms with Crippen LogP contribution in [0.1, 0.15) is 29.7 Å². The number of benzene rings is 2. The fourth-order valence-electron chi connectivity index (χ4n) is 2.73. The first-order valence-electron chi connectivity index (χ1n) is 10.1. The van der Waals surface area contributed by atoms with Crippen LogP contribution in [0.25, 0.3) is 0 Å². The summed E-state index contributed by atoms with van der Waals surface area (Å²) in [5.41, 5.74) is 5.77. The summed E-state index contributed by atoms with van der Waals surface area (Å²) in [7, 11) is 1.63. The Hall–Kier alpha value is -3.74. The van der Waals surface area contributed by atoms with Gasteiger partial charge >= 0.3 is 0 Å². The topological polar surface area (TPSA) is 85.1 Å². The van der Waals surface area contributed by atoms with Crippen LogP contribution in [0.3, 0.4) is 0 Å². The zero-order valence-electron chi connectivity index (χ0n) is 17.8. The number of furan rings is 1. The number of hydrogen-bond donors (Lipinski definition) is 2. The van der Waals surface area contributed by atoms with Gasteiger partial charge in [-0.3, -0.25) is 4.79 Å². The van der Waals surface area contributed by atoms with E-state index in [1.54, 1.807) is 19.2 Å². The molecule has 0 atom stereocenters. The van der Waals surface area contributed by atoms with Gasteiger partial charge in [-0.25, -0.2) is 5.43 Å². The lowest BCUT2D eigenvalue weighted by molar-refractivity contribution is -0.121. The zero-order valence-corrected chi connectivity index (χ0v) is 17.8. The third kappa shape index (κ3) is 7.54. The second-order valence-corrected chi connectivity index (χ2v) is 6.98. The van der Waals surface area contributed by atoms with Crippen molar-refractivity contribution >= 4 is 17.8 Å². The highest BCUT2D eigenvalue weighted by Crippen LogP contribution is 2.17. The van der Waals surface area contributed by atoms with E-state index in [4.69, 9.17) is 13.9 Å². The number of nitrogens with one attached hydrogen (secondary N) is 2. The largest absolute Gasteiger partial charge is 0.497 e. The van der Waals surface area contributed by atoms with Crippen molar-refractivity contribution in [3.8, 4) is 11.7 Å². The first-order valence-corrected chi connectivity index (χ1v) is 10.1. The van der Waals surface area contributed by atoms with Crippen LogP contribution in [0.2, 0.25) is 0 Å². The molecule has 0 saturated carbocycles. The summed E-state index contributed by atoms with van der Waals surface area (Å²) in [6, 6.07) is 19.2. The van der Waals surface area contributed by atoms with Gasteiger partial charge in [0.1, 0.15) is 12.4 Å². The number of aryl methyl sites for hydroxylation is 1. The fraction of sp³-hybridized carbons (Fsp3) is 0.250. The van der Waals surface area contributed by atoms with Gasteiger partial charge in [-0.05, 0) is 49.2 Å². The lowest BCUT2D eigenvalue weighted by Gasteiger charge is -2.06. The molecule has 0 aliphatic rings. The summed E-state index contributed by atoms with van der Waals surface area (Å²) in [6.07, 6.45) is 2.53. The van der Waals surface area contributed by atoms with Crippen LogP contribution in [0, 0.1) is 6.92 Å². The predicted octanol–water partition coefficient (Wildman–Crippen LogP) is 4.52. The molecule has 0 aliphatic carbocycles. The van der Waals surface area contributed by atoms with Crippen LogP contribution < -0.4 is 20.2 Å². The molecule has 0 saturated heterocycles. The van der Waals surface area contributed by atoms with Crippen LogP contribution in [0.5, 0.6) is 11.7 Å². The second-order valence-electron chi connectivity index (χ2n) is 6.98. The lowest BCUT2D eigenvalue weighted by atomic mass is 10.2. The Labute approximate surface area is 182 Å². The molecule has 31 heavy (non-hydrogen) atoms. The SMILES string of the molecule is COc1ccc(COc2ccc(/C=N/NC(=O)CCCNc3ccc(C)cc3)o2)cc1. The molecule has 0 unspecified atom stereocenters. The van der Waals surface area contributed by atoms with Crippen molar-refractivity contribution in [2.75, 3.05) is 19.0 Å². The van der Waals surface area contributed by atoms with E-state index in [1.165, 1.54) is 11.8 Å². The van der Waals surface area contributed by atoms with Gasteiger partial charge in [0.25, 0.3) is 5.95 Å². The molecule has 2 aromatic carbocycles. The number of carbonyl (C=O) groups is 1. The van der Waals surface area contributed by atoms with Gasteiger partial charge in [-0.2, -0.15) is 5.10 Å². The van der Waals surface area contributed by atoms with Gasteiger partial charge in [-0.15, -0.1) is 0 Å². The molecular weight excluding hydrogens is 394 g/mol. The third-order valence-electron chi connectivity index (χ3n) is 4.48. The van der Waals surface area contributed by atoms with Crippen LogP contribution in [-0.4, -0.2) is 25.8 Å². The van der Waals surface area contributed by atoms with Gasteiger partial charge in [0, 0.05) is 24.7 Å². The van der Waals surface area contributed by atoms with Crippen molar-refractivity contribution in [2.24, 2.45) is 5.10 Å². The summed E-state index contributed by atoms with van der Waals surface area (Å²) in [5.74, 6) is 1.52. The van der Waals surface area contributed by atoms with Crippen molar-refractivity contribution in [3.63, 3.8) is 0 Å². The molecule has 1 aromatic heterocycles. The van der Waals surface area contributed by atoms with E-state index < -0.39 is 0 Å². The number of hydrogen-bond acceptors (Lipinski definition) is 6. The smallest absolute Gasteiger partial charge is 0.285 e. The molecule has 1 amide bonds. The average Bonchev–Trinajstić information content (AvgIpc) is 3.24. The maximum absolute atomic E-state index is 11.9. The molecule has 0 spiro atoms. The molecule has 3 rings (SSSR count). The Morgan fingerprint density at radius 2 is 1.84 bits per heavy atom. The summed E-state index contributed by atoms with van der Waals surface area (Å²) in [4.78, 5) is 11.9. The molecule has 0 aliphatic heterocycles. The number of anilines is 1. The maximum Gasteiger partial charge on any atom is 0.285 e. The monoisotopic (exact) mass is 421 g/mol. The van der Waals surface area contributed by atoms with Gasteiger partial charge in [0.2, 0.25) is 5.91 Å². The number of methoxy groups -OCH3 is 1. The van der Waals surface area contributed by atoms with Crippen molar-refractivity contribution in [1.29, 1.82) is 0 Å². The van der Waals surface area contributed by atoms with Crippen molar-refractivity contribution in [3.05, 3.63) is 77.6 Å². The number of nitrogens with zero attached hydrogens (tertiary/aromatic N) is 1. The zero-order chi connectivity index (χ0) is 21.9. The molecule has 0 bridgehead atoms. The molecular formula is C24H27N3O4. The average molecular weight is 421 g/mol. The molecule has 3 aromatic rings. The minimum Gasteiger partial charge on any atom is -0.497 e. The molecule has 162 valence electrons. The number of amides is 1. The quantitative estimate of drug-likeness (QED) is 0.270. The standard InChI is InChI=1S/C24H27N3O4/c1-18-5-9-20(10-6-18)25-15-3-4-23(28)27-26-16-22-13-14-24(31-22)30-17-19-7-11-21(29-2)12-8-19/h5-14,16,25H,3-4,15,17H2,1-2H3,(H,27,28)/b26-16+. The molecule has 7 nitrogen and oxygen atoms in total. The highest BCUT2D eigenvalue weighted by Gasteiger charge is 2.03. The molecule has 7 heteroatoms. The first-order chi connectivity index (χ1) is 15.1. The van der Waals surface area contributed by atoms with E-state index in [-0.39, 0.29) is 5.91 Å². The molecule has 0 fully saturated rings. The van der Waals surface area contributed by atoms with E-state index in [2.05, 4.69) is 15.8 Å². The number of ether oxygens (including phenoxy) is 2. The summed E-state index contributed by atoms with van der Waals surface area (Å²) in [5, 5.41) is 7.22. The summed E-state index contributed by atoms with van der Waals surface area (Å²) >= 11 is 0. The van der Waals surface area contributed by atoms with Crippen LogP contribution in [0.15, 0.2) is 70.2 Å². The van der Waals surface area contributed by atoms with E-state index in [1.807, 2.05) is 55.5 Å². The minimum atomic E-state index is -0.149. The van der Waals surface area contributed by atoms with Gasteiger partial charge < -0.3 is 19.2 Å². The Kier molecular flexibility index (Phi) is 8.11. The maximum atomic E-state index is 11.9. The highest BCUT2D eigenvalue weighted by atomic mass is 16.6. The van der Waals surface area contributed by atoms with E-state index in [0.717, 1.165) is 17.0 Å². The normalized spacial score (nSPS) is 10.8. The third-order valence-corrected chi connectivity index (χ3v) is 4.48. The molecule has 1 heterocycles.